The van der Waals surface area contributed by atoms with Crippen molar-refractivity contribution in [3.8, 4) is 0 Å². The van der Waals surface area contributed by atoms with Crippen molar-refractivity contribution in [1.82, 2.24) is 4.98 Å². The Kier molecular flexibility index (Phi) is 3.55. The van der Waals surface area contributed by atoms with Crippen molar-refractivity contribution in [3.63, 3.8) is 0 Å². The molecular formula is C21H24N2O3. The number of Topliss-reactive ketones (excluding diaryl/α,β-unsaturated/α-hetero) is 1. The second kappa shape index (κ2) is 5.47. The number of H-pyrrole nitrogens is 1. The van der Waals surface area contributed by atoms with Crippen LogP contribution in [-0.4, -0.2) is 27.8 Å². The second-order valence-electron chi connectivity index (χ2n) is 8.12. The van der Waals surface area contributed by atoms with Crippen molar-refractivity contribution in [3.05, 3.63) is 40.8 Å². The smallest absolute Gasteiger partial charge is 0.237 e. The zero-order chi connectivity index (χ0) is 18.8. The van der Waals surface area contributed by atoms with Gasteiger partial charge in [0, 0.05) is 28.2 Å². The van der Waals surface area contributed by atoms with Gasteiger partial charge in [-0.3, -0.25) is 9.59 Å². The summed E-state index contributed by atoms with van der Waals surface area (Å²) >= 11 is 0. The largest absolute Gasteiger partial charge is 0.515 e. The fourth-order valence-electron chi connectivity index (χ4n) is 4.33. The molecule has 26 heavy (non-hydrogen) atoms. The van der Waals surface area contributed by atoms with Crippen molar-refractivity contribution in [1.29, 1.82) is 0 Å². The Labute approximate surface area is 152 Å². The molecular weight excluding hydrogens is 328 g/mol. The molecule has 0 radical (unpaired) electrons. The predicted octanol–water partition coefficient (Wildman–Crippen LogP) is 4.16. The number of hydrogen-bond donors (Lipinski definition) is 2. The molecule has 0 spiro atoms. The molecule has 4 rings (SSSR count). The summed E-state index contributed by atoms with van der Waals surface area (Å²) in [5.41, 5.74) is 4.24. The number of anilines is 1. The average Bonchev–Trinajstić information content (AvgIpc) is 2.96. The van der Waals surface area contributed by atoms with Crippen molar-refractivity contribution in [2.75, 3.05) is 4.90 Å². The number of aromatic amines is 1. The lowest BCUT2D eigenvalue weighted by Gasteiger charge is -2.24. The van der Waals surface area contributed by atoms with Gasteiger partial charge in [-0.1, -0.05) is 0 Å². The third-order valence-corrected chi connectivity index (χ3v) is 5.77. The maximum Gasteiger partial charge on any atom is 0.237 e. The summed E-state index contributed by atoms with van der Waals surface area (Å²) in [7, 11) is 0. The highest BCUT2D eigenvalue weighted by Crippen LogP contribution is 2.45. The summed E-state index contributed by atoms with van der Waals surface area (Å²) in [6.07, 6.45) is 3.10. The van der Waals surface area contributed by atoms with E-state index in [1.54, 1.807) is 0 Å². The van der Waals surface area contributed by atoms with Crippen LogP contribution in [0.2, 0.25) is 0 Å². The number of nitrogens with zero attached hydrogens (tertiary/aromatic N) is 1. The third-order valence-electron chi connectivity index (χ3n) is 5.77. The molecule has 2 N–H and O–H groups in total. The first kappa shape index (κ1) is 16.9. The number of benzene rings is 1. The van der Waals surface area contributed by atoms with Crippen molar-refractivity contribution < 1.29 is 14.7 Å². The lowest BCUT2D eigenvalue weighted by molar-refractivity contribution is -0.122. The second-order valence-corrected chi connectivity index (χ2v) is 8.12. The molecule has 1 aliphatic carbocycles. The zero-order valence-corrected chi connectivity index (χ0v) is 15.6. The Morgan fingerprint density at radius 1 is 1.23 bits per heavy atom. The topological polar surface area (TPSA) is 73.4 Å². The van der Waals surface area contributed by atoms with Gasteiger partial charge in [-0.05, 0) is 70.2 Å². The standard InChI is InChI=1S/C21H24N2O3/c1-11(2)23-17-8-14-13-7-5-6-12(10-24)19(25)18(13)22-16(14)9-15(17)21(3,4)20(23)26/h8-11,22,24H,5-7H2,1-4H3/b12-10+. The molecule has 1 aromatic heterocycles. The van der Waals surface area contributed by atoms with Gasteiger partial charge in [0.2, 0.25) is 11.7 Å². The number of allylic oxidation sites excluding steroid dienone is 1. The van der Waals surface area contributed by atoms with E-state index >= 15 is 0 Å². The van der Waals surface area contributed by atoms with E-state index in [2.05, 4.69) is 11.1 Å². The summed E-state index contributed by atoms with van der Waals surface area (Å²) in [5, 5.41) is 10.4. The molecule has 0 fully saturated rings. The number of rotatable bonds is 1. The number of carbonyl (C=O) groups excluding carboxylic acids is 2. The average molecular weight is 352 g/mol. The molecule has 5 heteroatoms. The molecule has 2 aliphatic rings. The number of aliphatic hydroxyl groups excluding tert-OH is 1. The molecule has 0 saturated carbocycles. The fraction of sp³-hybridized carbons (Fsp3) is 0.429. The zero-order valence-electron chi connectivity index (χ0n) is 15.6. The maximum absolute atomic E-state index is 12.9. The van der Waals surface area contributed by atoms with Crippen LogP contribution in [0.3, 0.4) is 0 Å². The Hall–Kier alpha value is -2.56. The summed E-state index contributed by atoms with van der Waals surface area (Å²) in [6, 6.07) is 4.16. The Balaban J connectivity index is 1.99. The predicted molar refractivity (Wildman–Crippen MR) is 102 cm³/mol. The van der Waals surface area contributed by atoms with Gasteiger partial charge in [-0.2, -0.15) is 0 Å². The lowest BCUT2D eigenvalue weighted by Crippen LogP contribution is -2.40. The van der Waals surface area contributed by atoms with Crippen LogP contribution in [0.15, 0.2) is 24.0 Å². The summed E-state index contributed by atoms with van der Waals surface area (Å²) in [6.45, 7) is 7.95. The first-order chi connectivity index (χ1) is 12.3. The van der Waals surface area contributed by atoms with E-state index in [-0.39, 0.29) is 17.7 Å². The normalized spacial score (nSPS) is 20.8. The summed E-state index contributed by atoms with van der Waals surface area (Å²) in [4.78, 5) is 30.8. The minimum Gasteiger partial charge on any atom is -0.515 e. The van der Waals surface area contributed by atoms with E-state index in [4.69, 9.17) is 0 Å². The lowest BCUT2D eigenvalue weighted by atomic mass is 9.85. The summed E-state index contributed by atoms with van der Waals surface area (Å²) < 4.78 is 0. The molecule has 0 saturated heterocycles. The van der Waals surface area contributed by atoms with Gasteiger partial charge in [0.15, 0.2) is 0 Å². The molecule has 1 amide bonds. The van der Waals surface area contributed by atoms with Crippen LogP contribution in [0.25, 0.3) is 10.9 Å². The Bertz CT molecular complexity index is 979. The van der Waals surface area contributed by atoms with Crippen LogP contribution in [0.1, 0.15) is 62.2 Å². The number of nitrogens with one attached hydrogen (secondary N) is 1. The van der Waals surface area contributed by atoms with Crippen molar-refractivity contribution in [2.45, 2.75) is 58.4 Å². The first-order valence-corrected chi connectivity index (χ1v) is 9.18. The minimum absolute atomic E-state index is 0.0728. The molecule has 0 atom stereocenters. The Morgan fingerprint density at radius 2 is 1.96 bits per heavy atom. The first-order valence-electron chi connectivity index (χ1n) is 9.18. The van der Waals surface area contributed by atoms with Gasteiger partial charge in [0.05, 0.1) is 17.4 Å². The highest BCUT2D eigenvalue weighted by atomic mass is 16.2. The number of fused-ring (bicyclic) bond motifs is 4. The van der Waals surface area contributed by atoms with Crippen LogP contribution in [-0.2, 0) is 16.6 Å². The third kappa shape index (κ3) is 2.09. The van der Waals surface area contributed by atoms with Crippen molar-refractivity contribution in [2.24, 2.45) is 0 Å². The molecule has 1 aliphatic heterocycles. The van der Waals surface area contributed by atoms with E-state index in [0.717, 1.165) is 46.8 Å². The monoisotopic (exact) mass is 352 g/mol. The quantitative estimate of drug-likeness (QED) is 0.460. The number of aromatic nitrogens is 1. The molecule has 0 unspecified atom stereocenters. The number of ketones is 1. The van der Waals surface area contributed by atoms with Crippen LogP contribution in [0, 0.1) is 0 Å². The van der Waals surface area contributed by atoms with Gasteiger partial charge >= 0.3 is 0 Å². The number of amides is 1. The fourth-order valence-corrected chi connectivity index (χ4v) is 4.33. The number of aliphatic hydroxyl groups is 1. The van der Waals surface area contributed by atoms with Gasteiger partial charge in [0.1, 0.15) is 0 Å². The Morgan fingerprint density at radius 3 is 2.62 bits per heavy atom. The van der Waals surface area contributed by atoms with Crippen LogP contribution < -0.4 is 4.90 Å². The molecule has 2 aromatic rings. The van der Waals surface area contributed by atoms with Gasteiger partial charge in [0.25, 0.3) is 0 Å². The minimum atomic E-state index is -0.587. The van der Waals surface area contributed by atoms with E-state index in [1.165, 1.54) is 0 Å². The SMILES string of the molecule is CC(C)N1C(=O)C(C)(C)c2cc3[nH]c4c(c3cc21)CCC/C(=C\O)C4=O. The van der Waals surface area contributed by atoms with Crippen LogP contribution in [0.4, 0.5) is 5.69 Å². The van der Waals surface area contributed by atoms with Crippen LogP contribution in [0.5, 0.6) is 0 Å². The number of aryl methyl sites for hydroxylation is 1. The van der Waals surface area contributed by atoms with E-state index in [1.807, 2.05) is 38.7 Å². The molecule has 136 valence electrons. The molecule has 2 heterocycles. The van der Waals surface area contributed by atoms with E-state index < -0.39 is 5.41 Å². The molecule has 0 bridgehead atoms. The molecule has 1 aromatic carbocycles. The van der Waals surface area contributed by atoms with Gasteiger partial charge in [-0.25, -0.2) is 0 Å². The van der Waals surface area contributed by atoms with Gasteiger partial charge < -0.3 is 15.0 Å². The van der Waals surface area contributed by atoms with E-state index in [9.17, 15) is 14.7 Å². The molecule has 5 nitrogen and oxygen atoms in total. The highest BCUT2D eigenvalue weighted by molar-refractivity contribution is 6.14. The van der Waals surface area contributed by atoms with Crippen molar-refractivity contribution >= 4 is 28.3 Å². The summed E-state index contributed by atoms with van der Waals surface area (Å²) in [5.74, 6) is -0.0183. The van der Waals surface area contributed by atoms with E-state index in [0.29, 0.717) is 17.7 Å². The highest BCUT2D eigenvalue weighted by Gasteiger charge is 2.45. The number of hydrogen-bond acceptors (Lipinski definition) is 3. The number of carbonyl (C=O) groups is 2. The maximum atomic E-state index is 12.9. The van der Waals surface area contributed by atoms with Gasteiger partial charge in [-0.15, -0.1) is 0 Å². The van der Waals surface area contributed by atoms with Crippen LogP contribution >= 0.6 is 0 Å².